The monoisotopic (exact) mass is 454 g/mol. The van der Waals surface area contributed by atoms with Crippen LogP contribution in [0.25, 0.3) is 11.1 Å². The number of carbonyl (C=O) groups is 5. The van der Waals surface area contributed by atoms with Gasteiger partial charge in [0.1, 0.15) is 12.9 Å². The summed E-state index contributed by atoms with van der Waals surface area (Å²) in [6.07, 6.45) is -0.0993. The van der Waals surface area contributed by atoms with E-state index in [1.807, 2.05) is 0 Å². The van der Waals surface area contributed by atoms with Gasteiger partial charge in [0.25, 0.3) is 5.91 Å². The number of carbonyl (C=O) groups excluding carboxylic acids is 5. The Kier molecular flexibility index (Phi) is 7.65. The number of hydrogen-bond donors (Lipinski definition) is 4. The standard InChI is InChI=1S/C23H22N2O8/c26-8-7-24-22(30)14-2-4-16-15-3-1-13(11-27)9-17(15)19(18(16)10-14)12-33-23(31)20(28)5-6-21(29)25-32/h1-4,9-11,19,26,32H,5-8,12H2,(H,24,30)(H,25,29). The third-order valence-corrected chi connectivity index (χ3v) is 5.28. The Balaban J connectivity index is 1.85. The molecule has 1 unspecified atom stereocenters. The molecule has 0 aromatic heterocycles. The Morgan fingerprint density at radius 3 is 2.36 bits per heavy atom. The first kappa shape index (κ1) is 23.8. The minimum Gasteiger partial charge on any atom is -0.459 e. The van der Waals surface area contributed by atoms with Crippen molar-refractivity contribution in [2.45, 2.75) is 18.8 Å². The molecule has 10 nitrogen and oxygen atoms in total. The van der Waals surface area contributed by atoms with Gasteiger partial charge in [-0.3, -0.25) is 24.4 Å². The summed E-state index contributed by atoms with van der Waals surface area (Å²) in [5, 5.41) is 20.0. The number of ketones is 1. The molecule has 4 N–H and O–H groups in total. The molecule has 172 valence electrons. The van der Waals surface area contributed by atoms with Crippen molar-refractivity contribution in [1.29, 1.82) is 0 Å². The molecule has 0 bridgehead atoms. The van der Waals surface area contributed by atoms with Gasteiger partial charge < -0.3 is 15.2 Å². The number of aliphatic hydroxyl groups excluding tert-OH is 1. The number of fused-ring (bicyclic) bond motifs is 3. The molecule has 0 fully saturated rings. The highest BCUT2D eigenvalue weighted by molar-refractivity contribution is 6.33. The van der Waals surface area contributed by atoms with Gasteiger partial charge >= 0.3 is 5.97 Å². The summed E-state index contributed by atoms with van der Waals surface area (Å²) in [5.74, 6) is -3.76. The van der Waals surface area contributed by atoms with Crippen molar-refractivity contribution >= 4 is 29.9 Å². The summed E-state index contributed by atoms with van der Waals surface area (Å²) in [5.41, 5.74) is 5.14. The smallest absolute Gasteiger partial charge is 0.374 e. The fraction of sp³-hybridized carbons (Fsp3) is 0.261. The SMILES string of the molecule is O=Cc1ccc2c(c1)C(COC(=O)C(=O)CCC(=O)NO)c1cc(C(=O)NCCO)ccc1-2. The zero-order valence-electron chi connectivity index (χ0n) is 17.5. The number of Topliss-reactive ketones (excluding diaryl/α,β-unsaturated/α-hetero) is 1. The van der Waals surface area contributed by atoms with Gasteiger partial charge in [-0.05, 0) is 40.5 Å². The van der Waals surface area contributed by atoms with Crippen molar-refractivity contribution in [3.05, 3.63) is 58.7 Å². The molecule has 1 aliphatic rings. The van der Waals surface area contributed by atoms with Crippen LogP contribution in [-0.2, 0) is 19.1 Å². The molecule has 3 rings (SSSR count). The number of benzene rings is 2. The number of esters is 1. The normalized spacial score (nSPS) is 13.5. The van der Waals surface area contributed by atoms with Crippen molar-refractivity contribution in [1.82, 2.24) is 10.8 Å². The first-order valence-corrected chi connectivity index (χ1v) is 10.1. The maximum atomic E-state index is 12.3. The lowest BCUT2D eigenvalue weighted by Gasteiger charge is -2.15. The molecule has 2 aromatic rings. The Hall–Kier alpha value is -3.89. The highest BCUT2D eigenvalue weighted by atomic mass is 16.5. The van der Waals surface area contributed by atoms with E-state index in [-0.39, 0.29) is 32.1 Å². The second kappa shape index (κ2) is 10.6. The number of amides is 2. The lowest BCUT2D eigenvalue weighted by Crippen LogP contribution is -2.26. The second-order valence-corrected chi connectivity index (χ2v) is 7.36. The lowest BCUT2D eigenvalue weighted by atomic mass is 9.95. The third kappa shape index (κ3) is 5.30. The average Bonchev–Trinajstić information content (AvgIpc) is 3.15. The fourth-order valence-corrected chi connectivity index (χ4v) is 3.67. The van der Waals surface area contributed by atoms with E-state index in [2.05, 4.69) is 5.32 Å². The van der Waals surface area contributed by atoms with Crippen molar-refractivity contribution < 1.29 is 39.0 Å². The number of ether oxygens (including phenoxy) is 1. The van der Waals surface area contributed by atoms with E-state index in [0.717, 1.165) is 11.1 Å². The van der Waals surface area contributed by atoms with Crippen LogP contribution in [0.3, 0.4) is 0 Å². The molecule has 0 saturated carbocycles. The van der Waals surface area contributed by atoms with Crippen molar-refractivity contribution in [3.8, 4) is 11.1 Å². The minimum atomic E-state index is -1.13. The highest BCUT2D eigenvalue weighted by Crippen LogP contribution is 2.45. The van der Waals surface area contributed by atoms with Gasteiger partial charge in [-0.15, -0.1) is 0 Å². The number of aldehydes is 1. The fourth-order valence-electron chi connectivity index (χ4n) is 3.67. The van der Waals surface area contributed by atoms with Gasteiger partial charge in [-0.1, -0.05) is 18.2 Å². The van der Waals surface area contributed by atoms with Gasteiger partial charge in [0.15, 0.2) is 0 Å². The molecule has 0 radical (unpaired) electrons. The van der Waals surface area contributed by atoms with Gasteiger partial charge in [-0.2, -0.15) is 0 Å². The number of aliphatic hydroxyl groups is 1. The molecular formula is C23H22N2O8. The zero-order chi connectivity index (χ0) is 24.0. The number of hydrogen-bond acceptors (Lipinski definition) is 8. The topological polar surface area (TPSA) is 159 Å². The predicted octanol–water partition coefficient (Wildman–Crippen LogP) is 0.731. The van der Waals surface area contributed by atoms with Gasteiger partial charge in [-0.25, -0.2) is 10.3 Å². The summed E-state index contributed by atoms with van der Waals surface area (Å²) in [7, 11) is 0. The van der Waals surface area contributed by atoms with Crippen LogP contribution in [0, 0.1) is 0 Å². The predicted molar refractivity (Wildman–Crippen MR) is 114 cm³/mol. The Morgan fingerprint density at radius 2 is 1.70 bits per heavy atom. The quantitative estimate of drug-likeness (QED) is 0.134. The maximum Gasteiger partial charge on any atom is 0.374 e. The average molecular weight is 454 g/mol. The summed E-state index contributed by atoms with van der Waals surface area (Å²) < 4.78 is 5.20. The lowest BCUT2D eigenvalue weighted by molar-refractivity contribution is -0.154. The van der Waals surface area contributed by atoms with Crippen LogP contribution >= 0.6 is 0 Å². The zero-order valence-corrected chi connectivity index (χ0v) is 17.5. The van der Waals surface area contributed by atoms with Crippen LogP contribution in [0.2, 0.25) is 0 Å². The van der Waals surface area contributed by atoms with Crippen LogP contribution in [0.15, 0.2) is 36.4 Å². The van der Waals surface area contributed by atoms with Crippen LogP contribution in [-0.4, -0.2) is 59.9 Å². The van der Waals surface area contributed by atoms with Crippen molar-refractivity contribution in [2.75, 3.05) is 19.8 Å². The summed E-state index contributed by atoms with van der Waals surface area (Å²) >= 11 is 0. The summed E-state index contributed by atoms with van der Waals surface area (Å²) in [6.45, 7) is -0.333. The Bertz CT molecular complexity index is 1110. The molecular weight excluding hydrogens is 432 g/mol. The van der Waals surface area contributed by atoms with Crippen molar-refractivity contribution in [3.63, 3.8) is 0 Å². The summed E-state index contributed by atoms with van der Waals surface area (Å²) in [4.78, 5) is 58.8. The second-order valence-electron chi connectivity index (χ2n) is 7.36. The third-order valence-electron chi connectivity index (χ3n) is 5.28. The van der Waals surface area contributed by atoms with Crippen LogP contribution in [0.5, 0.6) is 0 Å². The van der Waals surface area contributed by atoms with E-state index in [9.17, 15) is 24.0 Å². The van der Waals surface area contributed by atoms with E-state index in [1.54, 1.807) is 36.4 Å². The Labute approximate surface area is 188 Å². The van der Waals surface area contributed by atoms with Gasteiger partial charge in [0.05, 0.1) is 6.61 Å². The molecule has 0 saturated heterocycles. The van der Waals surface area contributed by atoms with Crippen molar-refractivity contribution in [2.24, 2.45) is 0 Å². The number of hydroxylamine groups is 1. The molecule has 0 spiro atoms. The molecule has 0 heterocycles. The molecule has 2 aromatic carbocycles. The van der Waals surface area contributed by atoms with Gasteiger partial charge in [0.2, 0.25) is 11.7 Å². The highest BCUT2D eigenvalue weighted by Gasteiger charge is 2.31. The van der Waals surface area contributed by atoms with E-state index >= 15 is 0 Å². The van der Waals surface area contributed by atoms with E-state index < -0.39 is 30.0 Å². The van der Waals surface area contributed by atoms with Crippen LogP contribution in [0.1, 0.15) is 50.6 Å². The van der Waals surface area contributed by atoms with Crippen LogP contribution < -0.4 is 10.8 Å². The largest absolute Gasteiger partial charge is 0.459 e. The molecule has 2 amide bonds. The van der Waals surface area contributed by atoms with Gasteiger partial charge in [0, 0.05) is 36.4 Å². The minimum absolute atomic E-state index is 0.0935. The summed E-state index contributed by atoms with van der Waals surface area (Å²) in [6, 6.07) is 10.1. The molecule has 0 aliphatic heterocycles. The van der Waals surface area contributed by atoms with E-state index in [0.29, 0.717) is 28.5 Å². The number of rotatable bonds is 10. The Morgan fingerprint density at radius 1 is 1.00 bits per heavy atom. The first-order chi connectivity index (χ1) is 15.9. The first-order valence-electron chi connectivity index (χ1n) is 10.1. The maximum absolute atomic E-state index is 12.3. The molecule has 33 heavy (non-hydrogen) atoms. The molecule has 1 aliphatic carbocycles. The number of nitrogens with one attached hydrogen (secondary N) is 2. The molecule has 1 atom stereocenters. The van der Waals surface area contributed by atoms with Crippen LogP contribution in [0.4, 0.5) is 0 Å². The van der Waals surface area contributed by atoms with E-state index in [4.69, 9.17) is 15.1 Å². The molecule has 10 heteroatoms. The van der Waals surface area contributed by atoms with E-state index in [1.165, 1.54) is 5.48 Å².